The molecule has 0 aliphatic heterocycles. The molecule has 1 aliphatic rings. The number of nitrogens with zero attached hydrogens (tertiary/aromatic N) is 1. The first-order chi connectivity index (χ1) is 5.75. The number of ketones is 1. The molecule has 0 amide bonds. The van der Waals surface area contributed by atoms with Crippen LogP contribution in [0.4, 0.5) is 0 Å². The van der Waals surface area contributed by atoms with Gasteiger partial charge in [0.05, 0.1) is 0 Å². The molecule has 2 nitrogen and oxygen atoms in total. The molecule has 0 saturated heterocycles. The summed E-state index contributed by atoms with van der Waals surface area (Å²) in [6.07, 6.45) is 5.55. The Morgan fingerprint density at radius 3 is 2.42 bits per heavy atom. The molecule has 0 radical (unpaired) electrons. The van der Waals surface area contributed by atoms with Crippen LogP contribution in [0.1, 0.15) is 32.1 Å². The number of rotatable bonds is 2. The molecule has 0 spiro atoms. The van der Waals surface area contributed by atoms with E-state index in [0.717, 1.165) is 25.7 Å². The van der Waals surface area contributed by atoms with Crippen molar-refractivity contribution in [2.75, 3.05) is 7.05 Å². The molecule has 0 heterocycles. The molecule has 0 aromatic carbocycles. The van der Waals surface area contributed by atoms with Crippen molar-refractivity contribution >= 4 is 22.6 Å². The summed E-state index contributed by atoms with van der Waals surface area (Å²) in [5.41, 5.74) is 0. The number of aliphatic imine (C=N–C) groups is 1. The Morgan fingerprint density at radius 2 is 1.92 bits per heavy atom. The number of halogens is 1. The molecule has 12 heavy (non-hydrogen) atoms. The van der Waals surface area contributed by atoms with Crippen molar-refractivity contribution in [3.63, 3.8) is 0 Å². The highest BCUT2D eigenvalue weighted by Crippen LogP contribution is 2.25. The van der Waals surface area contributed by atoms with Crippen LogP contribution in [-0.4, -0.2) is 18.0 Å². The van der Waals surface area contributed by atoms with Crippen LogP contribution in [0.25, 0.3) is 0 Å². The predicted octanol–water partition coefficient (Wildman–Crippen LogP) is 2.40. The SMILES string of the molecule is CN=C(Cl)C(=O)C1CCCCC1. The van der Waals surface area contributed by atoms with Crippen molar-refractivity contribution in [1.82, 2.24) is 0 Å². The van der Waals surface area contributed by atoms with E-state index in [2.05, 4.69) is 4.99 Å². The first-order valence-electron chi connectivity index (χ1n) is 4.42. The van der Waals surface area contributed by atoms with Gasteiger partial charge in [0, 0.05) is 13.0 Å². The fraction of sp³-hybridized carbons (Fsp3) is 0.778. The summed E-state index contributed by atoms with van der Waals surface area (Å²) in [5.74, 6) is 0.189. The van der Waals surface area contributed by atoms with E-state index >= 15 is 0 Å². The highest BCUT2D eigenvalue weighted by molar-refractivity contribution is 6.83. The zero-order valence-corrected chi connectivity index (χ0v) is 8.10. The summed E-state index contributed by atoms with van der Waals surface area (Å²) in [6.45, 7) is 0. The third-order valence-corrected chi connectivity index (χ3v) is 2.73. The molecule has 1 rings (SSSR count). The average Bonchev–Trinajstić information content (AvgIpc) is 2.17. The number of hydrogen-bond acceptors (Lipinski definition) is 2. The predicted molar refractivity (Wildman–Crippen MR) is 50.8 cm³/mol. The number of carbonyl (C=O) groups is 1. The van der Waals surface area contributed by atoms with Crippen LogP contribution < -0.4 is 0 Å². The monoisotopic (exact) mass is 187 g/mol. The van der Waals surface area contributed by atoms with Gasteiger partial charge in [0.2, 0.25) is 0 Å². The number of hydrogen-bond donors (Lipinski definition) is 0. The maximum absolute atomic E-state index is 11.5. The molecule has 0 aromatic heterocycles. The van der Waals surface area contributed by atoms with E-state index in [1.165, 1.54) is 6.42 Å². The lowest BCUT2D eigenvalue weighted by Gasteiger charge is -2.19. The first kappa shape index (κ1) is 9.72. The van der Waals surface area contributed by atoms with Crippen LogP contribution in [0.5, 0.6) is 0 Å². The van der Waals surface area contributed by atoms with Crippen LogP contribution in [0.3, 0.4) is 0 Å². The van der Waals surface area contributed by atoms with E-state index in [4.69, 9.17) is 11.6 Å². The zero-order valence-electron chi connectivity index (χ0n) is 7.35. The molecule has 3 heteroatoms. The Kier molecular flexibility index (Phi) is 3.73. The zero-order chi connectivity index (χ0) is 8.97. The van der Waals surface area contributed by atoms with Crippen molar-refractivity contribution in [1.29, 1.82) is 0 Å². The molecule has 68 valence electrons. The van der Waals surface area contributed by atoms with Gasteiger partial charge < -0.3 is 0 Å². The second-order valence-electron chi connectivity index (χ2n) is 3.21. The minimum Gasteiger partial charge on any atom is -0.291 e. The summed E-state index contributed by atoms with van der Waals surface area (Å²) in [4.78, 5) is 15.2. The molecule has 1 fully saturated rings. The standard InChI is InChI=1S/C9H14ClNO/c1-11-9(10)8(12)7-5-3-2-4-6-7/h7H,2-6H2,1H3. The molecule has 1 aliphatic carbocycles. The van der Waals surface area contributed by atoms with Crippen LogP contribution in [0, 0.1) is 5.92 Å². The number of Topliss-reactive ketones (excluding diaryl/α,β-unsaturated/α-hetero) is 1. The van der Waals surface area contributed by atoms with Gasteiger partial charge in [0.25, 0.3) is 0 Å². The largest absolute Gasteiger partial charge is 0.291 e. The summed E-state index contributed by atoms with van der Waals surface area (Å²) >= 11 is 5.65. The van der Waals surface area contributed by atoms with Gasteiger partial charge in [-0.3, -0.25) is 9.79 Å². The molecular weight excluding hydrogens is 174 g/mol. The van der Waals surface area contributed by atoms with Crippen molar-refractivity contribution in [2.45, 2.75) is 32.1 Å². The molecule has 0 N–H and O–H groups in total. The topological polar surface area (TPSA) is 29.4 Å². The van der Waals surface area contributed by atoms with Crippen LogP contribution in [0.15, 0.2) is 4.99 Å². The summed E-state index contributed by atoms with van der Waals surface area (Å²) in [5, 5.41) is 0.168. The molecular formula is C9H14ClNO. The Morgan fingerprint density at radius 1 is 1.33 bits per heavy atom. The minimum absolute atomic E-state index is 0.0406. The van der Waals surface area contributed by atoms with Gasteiger partial charge in [-0.15, -0.1) is 0 Å². The molecule has 0 unspecified atom stereocenters. The molecule has 0 atom stereocenters. The second kappa shape index (κ2) is 4.61. The highest BCUT2D eigenvalue weighted by atomic mass is 35.5. The lowest BCUT2D eigenvalue weighted by Crippen LogP contribution is -2.22. The number of carbonyl (C=O) groups excluding carboxylic acids is 1. The maximum Gasteiger partial charge on any atom is 0.195 e. The van der Waals surface area contributed by atoms with E-state index in [-0.39, 0.29) is 16.9 Å². The van der Waals surface area contributed by atoms with Crippen molar-refractivity contribution in [2.24, 2.45) is 10.9 Å². The summed E-state index contributed by atoms with van der Waals surface area (Å²) in [6, 6.07) is 0. The van der Waals surface area contributed by atoms with Gasteiger partial charge >= 0.3 is 0 Å². The Bertz CT molecular complexity index is 195. The van der Waals surface area contributed by atoms with E-state index in [0.29, 0.717) is 0 Å². The van der Waals surface area contributed by atoms with Gasteiger partial charge in [0.15, 0.2) is 11.0 Å². The van der Waals surface area contributed by atoms with Crippen molar-refractivity contribution in [3.8, 4) is 0 Å². The van der Waals surface area contributed by atoms with Gasteiger partial charge in [-0.05, 0) is 12.8 Å². The summed E-state index contributed by atoms with van der Waals surface area (Å²) in [7, 11) is 1.56. The van der Waals surface area contributed by atoms with Crippen LogP contribution in [-0.2, 0) is 4.79 Å². The highest BCUT2D eigenvalue weighted by Gasteiger charge is 2.23. The fourth-order valence-corrected chi connectivity index (χ4v) is 1.80. The van der Waals surface area contributed by atoms with Gasteiger partial charge in [-0.25, -0.2) is 0 Å². The normalized spacial score (nSPS) is 21.0. The van der Waals surface area contributed by atoms with E-state index in [1.807, 2.05) is 0 Å². The van der Waals surface area contributed by atoms with Gasteiger partial charge in [-0.2, -0.15) is 0 Å². The molecule has 1 saturated carbocycles. The van der Waals surface area contributed by atoms with Gasteiger partial charge in [0.1, 0.15) is 0 Å². The average molecular weight is 188 g/mol. The third-order valence-electron chi connectivity index (χ3n) is 2.38. The summed E-state index contributed by atoms with van der Waals surface area (Å²) < 4.78 is 0. The Hall–Kier alpha value is -0.370. The van der Waals surface area contributed by atoms with Crippen LogP contribution in [0.2, 0.25) is 0 Å². The van der Waals surface area contributed by atoms with Gasteiger partial charge in [-0.1, -0.05) is 30.9 Å². The van der Waals surface area contributed by atoms with Crippen LogP contribution >= 0.6 is 11.6 Å². The second-order valence-corrected chi connectivity index (χ2v) is 3.57. The maximum atomic E-state index is 11.5. The van der Waals surface area contributed by atoms with E-state index in [1.54, 1.807) is 7.05 Å². The van der Waals surface area contributed by atoms with Crippen molar-refractivity contribution in [3.05, 3.63) is 0 Å². The fourth-order valence-electron chi connectivity index (χ4n) is 1.64. The smallest absolute Gasteiger partial charge is 0.195 e. The minimum atomic E-state index is 0.0406. The lowest BCUT2D eigenvalue weighted by atomic mass is 9.86. The molecule has 0 bridgehead atoms. The lowest BCUT2D eigenvalue weighted by molar-refractivity contribution is -0.117. The first-order valence-corrected chi connectivity index (χ1v) is 4.80. The Labute approximate surface area is 78.0 Å². The quantitative estimate of drug-likeness (QED) is 0.611. The van der Waals surface area contributed by atoms with Crippen molar-refractivity contribution < 1.29 is 4.79 Å². The molecule has 0 aromatic rings. The Balaban J connectivity index is 2.51. The third kappa shape index (κ3) is 2.31. The van der Waals surface area contributed by atoms with E-state index in [9.17, 15) is 4.79 Å². The van der Waals surface area contributed by atoms with E-state index < -0.39 is 0 Å².